The third kappa shape index (κ3) is 5.50. The molecule has 1 saturated heterocycles. The van der Waals surface area contributed by atoms with E-state index >= 15 is 0 Å². The van der Waals surface area contributed by atoms with Gasteiger partial charge in [0, 0.05) is 50.5 Å². The lowest BCUT2D eigenvalue weighted by atomic mass is 10.0. The van der Waals surface area contributed by atoms with Crippen molar-refractivity contribution in [3.63, 3.8) is 0 Å². The zero-order chi connectivity index (χ0) is 21.8. The number of amides is 1. The van der Waals surface area contributed by atoms with Crippen molar-refractivity contribution in [2.75, 3.05) is 49.5 Å². The molecule has 2 aliphatic rings. The van der Waals surface area contributed by atoms with Crippen LogP contribution in [0.3, 0.4) is 0 Å². The summed E-state index contributed by atoms with van der Waals surface area (Å²) in [5.41, 5.74) is 1.99. The van der Waals surface area contributed by atoms with Crippen LogP contribution in [0.1, 0.15) is 24.0 Å². The highest BCUT2D eigenvalue weighted by Gasteiger charge is 2.31. The van der Waals surface area contributed by atoms with Crippen molar-refractivity contribution >= 4 is 17.3 Å². The molecule has 0 spiro atoms. The fourth-order valence-corrected chi connectivity index (χ4v) is 4.04. The molecular weight excluding hydrogens is 407 g/mol. The SMILES string of the molecule is O=C1CCc2cc(OCCCN3CCN(c4cccc(C(F)(F)F)c4)CC3)ccc2N1. The van der Waals surface area contributed by atoms with Crippen LogP contribution < -0.4 is 15.0 Å². The molecule has 0 radical (unpaired) electrons. The number of carbonyl (C=O) groups excluding carboxylic acids is 1. The Morgan fingerprint density at radius 2 is 1.81 bits per heavy atom. The number of aryl methyl sites for hydroxylation is 1. The Kier molecular flexibility index (Phi) is 6.36. The smallest absolute Gasteiger partial charge is 0.416 e. The van der Waals surface area contributed by atoms with Crippen LogP contribution in [0.4, 0.5) is 24.5 Å². The number of nitrogens with zero attached hydrogens (tertiary/aromatic N) is 2. The number of nitrogens with one attached hydrogen (secondary N) is 1. The number of benzene rings is 2. The van der Waals surface area contributed by atoms with E-state index in [4.69, 9.17) is 4.74 Å². The Balaban J connectivity index is 1.20. The van der Waals surface area contributed by atoms with E-state index in [0.29, 0.717) is 31.8 Å². The average Bonchev–Trinajstić information content (AvgIpc) is 2.77. The second-order valence-electron chi connectivity index (χ2n) is 7.95. The summed E-state index contributed by atoms with van der Waals surface area (Å²) >= 11 is 0. The van der Waals surface area contributed by atoms with Crippen LogP contribution in [-0.2, 0) is 17.4 Å². The molecule has 4 rings (SSSR count). The van der Waals surface area contributed by atoms with Crippen LogP contribution in [0, 0.1) is 0 Å². The maximum absolute atomic E-state index is 12.9. The zero-order valence-corrected chi connectivity index (χ0v) is 17.3. The summed E-state index contributed by atoms with van der Waals surface area (Å²) in [6.45, 7) is 4.53. The van der Waals surface area contributed by atoms with Crippen molar-refractivity contribution in [1.29, 1.82) is 0 Å². The summed E-state index contributed by atoms with van der Waals surface area (Å²) in [5.74, 6) is 0.860. The molecular formula is C23H26F3N3O2. The molecule has 0 bridgehead atoms. The molecule has 0 aromatic heterocycles. The van der Waals surface area contributed by atoms with Gasteiger partial charge >= 0.3 is 6.18 Å². The summed E-state index contributed by atoms with van der Waals surface area (Å²) in [6, 6.07) is 11.3. The van der Waals surface area contributed by atoms with Gasteiger partial charge in [-0.15, -0.1) is 0 Å². The number of carbonyl (C=O) groups is 1. The second kappa shape index (κ2) is 9.18. The van der Waals surface area contributed by atoms with E-state index in [1.54, 1.807) is 6.07 Å². The van der Waals surface area contributed by atoms with Crippen molar-refractivity contribution in [2.45, 2.75) is 25.4 Å². The molecule has 1 fully saturated rings. The van der Waals surface area contributed by atoms with Gasteiger partial charge in [-0.05, 0) is 54.8 Å². The summed E-state index contributed by atoms with van der Waals surface area (Å²) in [6.07, 6.45) is -2.21. The third-order valence-corrected chi connectivity index (χ3v) is 5.77. The molecule has 2 heterocycles. The Labute approximate surface area is 179 Å². The van der Waals surface area contributed by atoms with Crippen molar-refractivity contribution in [1.82, 2.24) is 4.90 Å². The number of anilines is 2. The monoisotopic (exact) mass is 433 g/mol. The Morgan fingerprint density at radius 3 is 2.58 bits per heavy atom. The van der Waals surface area contributed by atoms with Gasteiger partial charge in [0.05, 0.1) is 12.2 Å². The molecule has 0 atom stereocenters. The molecule has 5 nitrogen and oxygen atoms in total. The first kappa shape index (κ1) is 21.5. The second-order valence-corrected chi connectivity index (χ2v) is 7.95. The minimum atomic E-state index is -4.32. The van der Waals surface area contributed by atoms with Gasteiger partial charge < -0.3 is 15.0 Å². The van der Waals surface area contributed by atoms with Crippen LogP contribution in [0.15, 0.2) is 42.5 Å². The van der Waals surface area contributed by atoms with E-state index in [1.165, 1.54) is 12.1 Å². The minimum absolute atomic E-state index is 0.0503. The Bertz CT molecular complexity index is 925. The highest BCUT2D eigenvalue weighted by atomic mass is 19.4. The van der Waals surface area contributed by atoms with E-state index < -0.39 is 11.7 Å². The number of halogens is 3. The number of fused-ring (bicyclic) bond motifs is 1. The maximum atomic E-state index is 12.9. The lowest BCUT2D eigenvalue weighted by molar-refractivity contribution is -0.137. The van der Waals surface area contributed by atoms with Crippen LogP contribution >= 0.6 is 0 Å². The van der Waals surface area contributed by atoms with Gasteiger partial charge in [-0.25, -0.2) is 0 Å². The topological polar surface area (TPSA) is 44.8 Å². The van der Waals surface area contributed by atoms with Gasteiger partial charge in [0.1, 0.15) is 5.75 Å². The minimum Gasteiger partial charge on any atom is -0.494 e. The first-order valence-electron chi connectivity index (χ1n) is 10.6. The first-order chi connectivity index (χ1) is 14.9. The highest BCUT2D eigenvalue weighted by molar-refractivity contribution is 5.94. The summed E-state index contributed by atoms with van der Waals surface area (Å²) in [7, 11) is 0. The lowest BCUT2D eigenvalue weighted by Gasteiger charge is -2.36. The molecule has 1 N–H and O–H groups in total. The average molecular weight is 433 g/mol. The van der Waals surface area contributed by atoms with Gasteiger partial charge in [0.2, 0.25) is 5.91 Å². The summed E-state index contributed by atoms with van der Waals surface area (Å²) in [4.78, 5) is 15.8. The summed E-state index contributed by atoms with van der Waals surface area (Å²) < 4.78 is 44.7. The van der Waals surface area contributed by atoms with E-state index in [1.807, 2.05) is 23.1 Å². The molecule has 31 heavy (non-hydrogen) atoms. The molecule has 0 unspecified atom stereocenters. The molecule has 2 aromatic carbocycles. The van der Waals surface area contributed by atoms with Crippen molar-refractivity contribution in [3.8, 4) is 5.75 Å². The lowest BCUT2D eigenvalue weighted by Crippen LogP contribution is -2.46. The number of piperazine rings is 1. The number of hydrogen-bond acceptors (Lipinski definition) is 4. The van der Waals surface area contributed by atoms with Crippen molar-refractivity contribution in [3.05, 3.63) is 53.6 Å². The zero-order valence-electron chi connectivity index (χ0n) is 17.3. The number of hydrogen-bond donors (Lipinski definition) is 1. The largest absolute Gasteiger partial charge is 0.494 e. The molecule has 1 amide bonds. The molecule has 166 valence electrons. The third-order valence-electron chi connectivity index (χ3n) is 5.77. The van der Waals surface area contributed by atoms with Crippen LogP contribution in [0.5, 0.6) is 5.75 Å². The molecule has 2 aliphatic heterocycles. The van der Waals surface area contributed by atoms with Crippen LogP contribution in [0.2, 0.25) is 0 Å². The van der Waals surface area contributed by atoms with Gasteiger partial charge in [-0.3, -0.25) is 9.69 Å². The fraction of sp³-hybridized carbons (Fsp3) is 0.435. The molecule has 0 aliphatic carbocycles. The van der Waals surface area contributed by atoms with Gasteiger partial charge in [0.15, 0.2) is 0 Å². The molecule has 0 saturated carbocycles. The van der Waals surface area contributed by atoms with Crippen LogP contribution in [-0.4, -0.2) is 50.1 Å². The van der Waals surface area contributed by atoms with Gasteiger partial charge in [-0.1, -0.05) is 6.07 Å². The summed E-state index contributed by atoms with van der Waals surface area (Å²) in [5, 5.41) is 2.86. The Morgan fingerprint density at radius 1 is 1.00 bits per heavy atom. The van der Waals surface area contributed by atoms with Gasteiger partial charge in [-0.2, -0.15) is 13.2 Å². The standard InChI is InChI=1S/C23H26F3N3O2/c24-23(25,26)18-3-1-4-19(16-18)29-12-10-28(11-13-29)9-2-14-31-20-6-7-21-17(15-20)5-8-22(30)27-21/h1,3-4,6-7,15-16H,2,5,8-14H2,(H,27,30). The molecule has 8 heteroatoms. The number of alkyl halides is 3. The van der Waals surface area contributed by atoms with E-state index in [2.05, 4.69) is 10.2 Å². The normalized spacial score (nSPS) is 17.3. The predicted octanol–water partition coefficient (Wildman–Crippen LogP) is 4.18. The first-order valence-corrected chi connectivity index (χ1v) is 10.6. The van der Waals surface area contributed by atoms with Gasteiger partial charge in [0.25, 0.3) is 0 Å². The van der Waals surface area contributed by atoms with E-state index in [9.17, 15) is 18.0 Å². The quantitative estimate of drug-likeness (QED) is 0.695. The number of rotatable bonds is 6. The fourth-order valence-electron chi connectivity index (χ4n) is 4.04. The van der Waals surface area contributed by atoms with Crippen LogP contribution in [0.25, 0.3) is 0 Å². The maximum Gasteiger partial charge on any atom is 0.416 e. The predicted molar refractivity (Wildman–Crippen MR) is 114 cm³/mol. The Hall–Kier alpha value is -2.74. The van der Waals surface area contributed by atoms with Crippen molar-refractivity contribution in [2.24, 2.45) is 0 Å². The van der Waals surface area contributed by atoms with Crippen molar-refractivity contribution < 1.29 is 22.7 Å². The highest BCUT2D eigenvalue weighted by Crippen LogP contribution is 2.32. The molecule has 2 aromatic rings. The van der Waals surface area contributed by atoms with E-state index in [0.717, 1.165) is 55.5 Å². The number of ether oxygens (including phenoxy) is 1. The van der Waals surface area contributed by atoms with E-state index in [-0.39, 0.29) is 5.91 Å².